The Bertz CT molecular complexity index is 672. The molecule has 1 aromatic heterocycles. The van der Waals surface area contributed by atoms with Crippen molar-refractivity contribution in [2.75, 3.05) is 5.73 Å². The number of hydrogen-bond donors (Lipinski definition) is 2. The van der Waals surface area contributed by atoms with Gasteiger partial charge in [-0.2, -0.15) is 0 Å². The van der Waals surface area contributed by atoms with Gasteiger partial charge in [0, 0.05) is 16.1 Å². The average Bonchev–Trinajstić information content (AvgIpc) is 2.79. The van der Waals surface area contributed by atoms with Gasteiger partial charge in [0.05, 0.1) is 5.69 Å². The number of thiophene rings is 1. The molecule has 1 atom stereocenters. The predicted octanol–water partition coefficient (Wildman–Crippen LogP) is 3.32. The van der Waals surface area contributed by atoms with Gasteiger partial charge in [-0.05, 0) is 30.9 Å². The van der Waals surface area contributed by atoms with Gasteiger partial charge in [-0.1, -0.05) is 25.5 Å². The first kappa shape index (κ1) is 12.5. The summed E-state index contributed by atoms with van der Waals surface area (Å²) in [5.74, 6) is -0.0353. The Kier molecular flexibility index (Phi) is 2.61. The zero-order valence-electron chi connectivity index (χ0n) is 11.4. The molecule has 1 aromatic carbocycles. The summed E-state index contributed by atoms with van der Waals surface area (Å²) < 4.78 is 1.07. The third kappa shape index (κ3) is 2.10. The highest BCUT2D eigenvalue weighted by molar-refractivity contribution is 7.21. The van der Waals surface area contributed by atoms with Gasteiger partial charge in [0.25, 0.3) is 5.91 Å². The van der Waals surface area contributed by atoms with Crippen molar-refractivity contribution in [1.29, 1.82) is 0 Å². The minimum atomic E-state index is -0.0353. The molecule has 0 aliphatic heterocycles. The van der Waals surface area contributed by atoms with E-state index in [0.717, 1.165) is 22.1 Å². The number of nitrogens with two attached hydrogens (primary N) is 1. The smallest absolute Gasteiger partial charge is 0.263 e. The Morgan fingerprint density at radius 3 is 2.79 bits per heavy atom. The van der Waals surface area contributed by atoms with Gasteiger partial charge >= 0.3 is 0 Å². The molecule has 3 rings (SSSR count). The van der Waals surface area contributed by atoms with Crippen molar-refractivity contribution in [3.8, 4) is 0 Å². The van der Waals surface area contributed by atoms with Gasteiger partial charge in [-0.15, -0.1) is 11.3 Å². The van der Waals surface area contributed by atoms with E-state index in [0.29, 0.717) is 10.6 Å². The molecule has 0 radical (unpaired) electrons. The largest absolute Gasteiger partial charge is 0.397 e. The van der Waals surface area contributed by atoms with Gasteiger partial charge in [0.1, 0.15) is 4.88 Å². The van der Waals surface area contributed by atoms with E-state index in [1.165, 1.54) is 11.3 Å². The second-order valence-electron chi connectivity index (χ2n) is 6.06. The van der Waals surface area contributed by atoms with Crippen molar-refractivity contribution in [2.45, 2.75) is 33.2 Å². The van der Waals surface area contributed by atoms with Crippen LogP contribution in [0.1, 0.15) is 35.5 Å². The van der Waals surface area contributed by atoms with Gasteiger partial charge in [-0.3, -0.25) is 4.79 Å². The molecule has 19 heavy (non-hydrogen) atoms. The molecular formula is C15H18N2OS. The minimum Gasteiger partial charge on any atom is -0.397 e. The molecule has 1 saturated carbocycles. The third-order valence-corrected chi connectivity index (χ3v) is 5.09. The van der Waals surface area contributed by atoms with Crippen molar-refractivity contribution < 1.29 is 4.79 Å². The molecule has 2 aromatic rings. The van der Waals surface area contributed by atoms with Crippen molar-refractivity contribution in [3.05, 3.63) is 28.6 Å². The molecule has 3 N–H and O–H groups in total. The second-order valence-corrected chi connectivity index (χ2v) is 7.12. The van der Waals surface area contributed by atoms with Crippen LogP contribution in [0.3, 0.4) is 0 Å². The second kappa shape index (κ2) is 3.97. The van der Waals surface area contributed by atoms with Gasteiger partial charge in [-0.25, -0.2) is 0 Å². The lowest BCUT2D eigenvalue weighted by molar-refractivity contribution is 0.0951. The molecule has 0 spiro atoms. The summed E-state index contributed by atoms with van der Waals surface area (Å²) in [4.78, 5) is 12.9. The van der Waals surface area contributed by atoms with E-state index in [1.54, 1.807) is 0 Å². The zero-order valence-corrected chi connectivity index (χ0v) is 12.2. The molecule has 100 valence electrons. The topological polar surface area (TPSA) is 55.1 Å². The molecule has 1 aliphatic carbocycles. The Morgan fingerprint density at radius 2 is 2.16 bits per heavy atom. The number of aryl methyl sites for hydroxylation is 1. The number of fused-ring (bicyclic) bond motifs is 1. The van der Waals surface area contributed by atoms with Crippen LogP contribution in [0, 0.1) is 12.3 Å². The minimum absolute atomic E-state index is 0.0353. The molecule has 1 amide bonds. The van der Waals surface area contributed by atoms with E-state index in [9.17, 15) is 4.79 Å². The fraction of sp³-hybridized carbons (Fsp3) is 0.400. The number of carbonyl (C=O) groups is 1. The van der Waals surface area contributed by atoms with Crippen LogP contribution in [0.15, 0.2) is 18.2 Å². The van der Waals surface area contributed by atoms with Crippen molar-refractivity contribution in [3.63, 3.8) is 0 Å². The lowest BCUT2D eigenvalue weighted by Gasteiger charge is -2.05. The normalized spacial score (nSPS) is 20.5. The van der Waals surface area contributed by atoms with Gasteiger partial charge < -0.3 is 11.1 Å². The van der Waals surface area contributed by atoms with Crippen molar-refractivity contribution in [1.82, 2.24) is 5.32 Å². The first-order valence-corrected chi connectivity index (χ1v) is 7.29. The van der Waals surface area contributed by atoms with E-state index in [2.05, 4.69) is 19.2 Å². The maximum Gasteiger partial charge on any atom is 0.263 e. The summed E-state index contributed by atoms with van der Waals surface area (Å²) >= 11 is 1.47. The number of nitrogens with one attached hydrogen (secondary N) is 1. The number of amides is 1. The van der Waals surface area contributed by atoms with Crippen LogP contribution in [0.4, 0.5) is 5.69 Å². The Hall–Kier alpha value is -1.55. The van der Waals surface area contributed by atoms with Gasteiger partial charge in [0.15, 0.2) is 0 Å². The predicted molar refractivity (Wildman–Crippen MR) is 80.6 cm³/mol. The fourth-order valence-electron chi connectivity index (χ4n) is 2.34. The molecular weight excluding hydrogens is 256 g/mol. The van der Waals surface area contributed by atoms with Crippen molar-refractivity contribution in [2.24, 2.45) is 5.41 Å². The van der Waals surface area contributed by atoms with Crippen LogP contribution in [0.2, 0.25) is 0 Å². The lowest BCUT2D eigenvalue weighted by Crippen LogP contribution is -2.28. The van der Waals surface area contributed by atoms with E-state index in [4.69, 9.17) is 5.73 Å². The number of nitrogen functional groups attached to an aromatic ring is 1. The Labute approximate surface area is 116 Å². The summed E-state index contributed by atoms with van der Waals surface area (Å²) in [5, 5.41) is 4.06. The SMILES string of the molecule is Cc1ccc2sc(C(=O)NC3CC3(C)C)c(N)c2c1. The summed E-state index contributed by atoms with van der Waals surface area (Å²) in [6.45, 7) is 6.36. The summed E-state index contributed by atoms with van der Waals surface area (Å²) in [6.07, 6.45) is 1.04. The maximum absolute atomic E-state index is 12.3. The number of benzene rings is 1. The van der Waals surface area contributed by atoms with E-state index >= 15 is 0 Å². The monoisotopic (exact) mass is 274 g/mol. The first-order valence-electron chi connectivity index (χ1n) is 6.48. The molecule has 1 fully saturated rings. The Morgan fingerprint density at radius 1 is 1.47 bits per heavy atom. The molecule has 1 unspecified atom stereocenters. The quantitative estimate of drug-likeness (QED) is 0.882. The van der Waals surface area contributed by atoms with E-state index in [1.807, 2.05) is 25.1 Å². The number of rotatable bonds is 2. The summed E-state index contributed by atoms with van der Waals surface area (Å²) in [7, 11) is 0. The standard InChI is InChI=1S/C15H18N2OS/c1-8-4-5-10-9(6-8)12(16)13(19-10)14(18)17-11-7-15(11,2)3/h4-6,11H,7,16H2,1-3H3,(H,17,18). The van der Waals surface area contributed by atoms with Crippen LogP contribution in [0.5, 0.6) is 0 Å². The Balaban J connectivity index is 1.92. The zero-order chi connectivity index (χ0) is 13.8. The van der Waals surface area contributed by atoms with Gasteiger partial charge in [0.2, 0.25) is 0 Å². The molecule has 1 aliphatic rings. The van der Waals surface area contributed by atoms with E-state index in [-0.39, 0.29) is 17.4 Å². The summed E-state index contributed by atoms with van der Waals surface area (Å²) in [6, 6.07) is 6.40. The molecule has 0 saturated heterocycles. The third-order valence-electron chi connectivity index (χ3n) is 3.91. The fourth-order valence-corrected chi connectivity index (χ4v) is 3.34. The highest BCUT2D eigenvalue weighted by Gasteiger charge is 2.46. The van der Waals surface area contributed by atoms with Crippen molar-refractivity contribution >= 4 is 33.0 Å². The number of carbonyl (C=O) groups excluding carboxylic acids is 1. The van der Waals surface area contributed by atoms with Crippen LogP contribution >= 0.6 is 11.3 Å². The molecule has 3 nitrogen and oxygen atoms in total. The average molecular weight is 274 g/mol. The molecule has 4 heteroatoms. The first-order chi connectivity index (χ1) is 8.88. The highest BCUT2D eigenvalue weighted by atomic mass is 32.1. The highest BCUT2D eigenvalue weighted by Crippen LogP contribution is 2.45. The maximum atomic E-state index is 12.3. The van der Waals surface area contributed by atoms with E-state index < -0.39 is 0 Å². The summed E-state index contributed by atoms with van der Waals surface area (Å²) in [5.41, 5.74) is 8.13. The lowest BCUT2D eigenvalue weighted by atomic mass is 10.1. The molecule has 1 heterocycles. The number of hydrogen-bond acceptors (Lipinski definition) is 3. The van der Waals surface area contributed by atoms with Crippen LogP contribution in [-0.2, 0) is 0 Å². The van der Waals surface area contributed by atoms with Crippen LogP contribution < -0.4 is 11.1 Å². The number of anilines is 1. The van der Waals surface area contributed by atoms with Crippen LogP contribution in [0.25, 0.3) is 10.1 Å². The molecule has 0 bridgehead atoms. The van der Waals surface area contributed by atoms with Crippen LogP contribution in [-0.4, -0.2) is 11.9 Å².